The standard InChI is InChI=1S/C24H27F3N6O3/c1-12(14-5-4-6-15(18(14)25)19(26)27)29-20-16-11-17(22(34)32-21(16)31-13(2)30-20)24(36)7-9-33(10-8-24)23(35)28-3/h4-6,11-12,19,36H,7-10H2,1-3H3,(H,28,35)(H2,29,30,31,32,34)/t12-/m1/s1. The maximum Gasteiger partial charge on any atom is 0.317 e. The Kier molecular flexibility index (Phi) is 6.90. The van der Waals surface area contributed by atoms with Crippen molar-refractivity contribution in [3.63, 3.8) is 0 Å². The maximum atomic E-state index is 14.7. The van der Waals surface area contributed by atoms with Crippen LogP contribution >= 0.6 is 0 Å². The van der Waals surface area contributed by atoms with Gasteiger partial charge in [0.1, 0.15) is 23.1 Å². The Bertz CT molecular complexity index is 1350. The molecule has 1 atom stereocenters. The van der Waals surface area contributed by atoms with Gasteiger partial charge < -0.3 is 25.6 Å². The molecule has 0 spiro atoms. The van der Waals surface area contributed by atoms with E-state index in [0.717, 1.165) is 6.07 Å². The van der Waals surface area contributed by atoms with Gasteiger partial charge in [0.05, 0.1) is 22.6 Å². The number of benzene rings is 1. The summed E-state index contributed by atoms with van der Waals surface area (Å²) in [4.78, 5) is 37.7. The SMILES string of the molecule is CNC(=O)N1CCC(O)(c2cc3c(N[C@H](C)c4cccc(C(F)F)c4F)nc(C)nc3[nH]c2=O)CC1. The van der Waals surface area contributed by atoms with Crippen LogP contribution in [-0.2, 0) is 5.60 Å². The number of aliphatic hydroxyl groups is 1. The number of likely N-dealkylation sites (tertiary alicyclic amines) is 1. The summed E-state index contributed by atoms with van der Waals surface area (Å²) in [6.07, 6.45) is -2.67. The fourth-order valence-corrected chi connectivity index (χ4v) is 4.52. The molecule has 0 bridgehead atoms. The maximum absolute atomic E-state index is 14.7. The largest absolute Gasteiger partial charge is 0.385 e. The lowest BCUT2D eigenvalue weighted by Crippen LogP contribution is -2.49. The zero-order chi connectivity index (χ0) is 26.2. The summed E-state index contributed by atoms with van der Waals surface area (Å²) < 4.78 is 41.1. The van der Waals surface area contributed by atoms with Crippen molar-refractivity contribution < 1.29 is 23.1 Å². The van der Waals surface area contributed by atoms with Gasteiger partial charge in [-0.25, -0.2) is 27.9 Å². The number of amides is 2. The van der Waals surface area contributed by atoms with Crippen LogP contribution < -0.4 is 16.2 Å². The number of piperidine rings is 1. The van der Waals surface area contributed by atoms with Gasteiger partial charge in [-0.2, -0.15) is 0 Å². The third-order valence-corrected chi connectivity index (χ3v) is 6.53. The zero-order valence-electron chi connectivity index (χ0n) is 20.0. The molecule has 1 aliphatic heterocycles. The van der Waals surface area contributed by atoms with Crippen molar-refractivity contribution in [3.8, 4) is 0 Å². The predicted molar refractivity (Wildman–Crippen MR) is 127 cm³/mol. The second kappa shape index (κ2) is 9.76. The topological polar surface area (TPSA) is 123 Å². The van der Waals surface area contributed by atoms with Crippen LogP contribution in [0.2, 0.25) is 0 Å². The monoisotopic (exact) mass is 504 g/mol. The Labute approximate surface area is 204 Å². The molecule has 192 valence electrons. The predicted octanol–water partition coefficient (Wildman–Crippen LogP) is 3.50. The van der Waals surface area contributed by atoms with E-state index in [-0.39, 0.29) is 54.6 Å². The first kappa shape index (κ1) is 25.4. The normalized spacial score (nSPS) is 16.3. The van der Waals surface area contributed by atoms with E-state index in [1.165, 1.54) is 25.2 Å². The minimum atomic E-state index is -2.96. The molecule has 4 N–H and O–H groups in total. The summed E-state index contributed by atoms with van der Waals surface area (Å²) in [7, 11) is 1.52. The van der Waals surface area contributed by atoms with Crippen molar-refractivity contribution in [2.45, 2.75) is 44.8 Å². The molecule has 36 heavy (non-hydrogen) atoms. The van der Waals surface area contributed by atoms with E-state index in [0.29, 0.717) is 11.2 Å². The first-order valence-corrected chi connectivity index (χ1v) is 11.5. The van der Waals surface area contributed by atoms with E-state index in [2.05, 4.69) is 25.6 Å². The second-order valence-corrected chi connectivity index (χ2v) is 8.88. The zero-order valence-corrected chi connectivity index (χ0v) is 20.0. The number of nitrogens with one attached hydrogen (secondary N) is 3. The summed E-state index contributed by atoms with van der Waals surface area (Å²) >= 11 is 0. The molecule has 1 aliphatic rings. The summed E-state index contributed by atoms with van der Waals surface area (Å²) in [5.74, 6) is -0.440. The Morgan fingerprint density at radius 1 is 1.22 bits per heavy atom. The van der Waals surface area contributed by atoms with Crippen LogP contribution in [0.1, 0.15) is 54.7 Å². The summed E-state index contributed by atoms with van der Waals surface area (Å²) in [5, 5.41) is 17.3. The van der Waals surface area contributed by atoms with Gasteiger partial charge in [-0.05, 0) is 32.8 Å². The number of carbonyl (C=O) groups excluding carboxylic acids is 1. The van der Waals surface area contributed by atoms with E-state index in [1.54, 1.807) is 18.7 Å². The molecule has 0 aliphatic carbocycles. The number of fused-ring (bicyclic) bond motifs is 1. The number of urea groups is 1. The number of rotatable bonds is 5. The van der Waals surface area contributed by atoms with Crippen molar-refractivity contribution in [2.75, 3.05) is 25.5 Å². The molecular weight excluding hydrogens is 477 g/mol. The van der Waals surface area contributed by atoms with E-state index in [4.69, 9.17) is 0 Å². The van der Waals surface area contributed by atoms with Crippen molar-refractivity contribution in [1.82, 2.24) is 25.2 Å². The van der Waals surface area contributed by atoms with Gasteiger partial charge in [0.2, 0.25) is 0 Å². The van der Waals surface area contributed by atoms with E-state index < -0.39 is 35.0 Å². The van der Waals surface area contributed by atoms with Gasteiger partial charge in [0, 0.05) is 31.3 Å². The minimum Gasteiger partial charge on any atom is -0.385 e. The molecule has 2 aromatic heterocycles. The first-order chi connectivity index (χ1) is 17.0. The molecule has 12 heteroatoms. The molecule has 2 amide bonds. The van der Waals surface area contributed by atoms with Crippen molar-refractivity contribution in [1.29, 1.82) is 0 Å². The molecule has 1 saturated heterocycles. The average Bonchev–Trinajstić information content (AvgIpc) is 2.83. The van der Waals surface area contributed by atoms with Crippen LogP contribution in [-0.4, -0.2) is 51.1 Å². The lowest BCUT2D eigenvalue weighted by Gasteiger charge is -2.37. The van der Waals surface area contributed by atoms with Crippen LogP contribution in [0.3, 0.4) is 0 Å². The lowest BCUT2D eigenvalue weighted by molar-refractivity contribution is -0.0176. The number of pyridine rings is 1. The number of aryl methyl sites for hydroxylation is 1. The van der Waals surface area contributed by atoms with Gasteiger partial charge in [0.25, 0.3) is 12.0 Å². The molecule has 9 nitrogen and oxygen atoms in total. The molecule has 0 unspecified atom stereocenters. The number of carbonyl (C=O) groups is 1. The van der Waals surface area contributed by atoms with E-state index >= 15 is 0 Å². The van der Waals surface area contributed by atoms with Crippen molar-refractivity contribution in [3.05, 3.63) is 63.0 Å². The third-order valence-electron chi connectivity index (χ3n) is 6.53. The number of hydrogen-bond donors (Lipinski definition) is 4. The number of aromatic nitrogens is 3. The quantitative estimate of drug-likeness (QED) is 0.422. The Hall–Kier alpha value is -3.67. The Balaban J connectivity index is 1.71. The van der Waals surface area contributed by atoms with Crippen LogP contribution in [0, 0.1) is 12.7 Å². The fourth-order valence-electron chi connectivity index (χ4n) is 4.52. The van der Waals surface area contributed by atoms with Crippen LogP contribution in [0.25, 0.3) is 11.0 Å². The van der Waals surface area contributed by atoms with Crippen LogP contribution in [0.5, 0.6) is 0 Å². The van der Waals surface area contributed by atoms with Gasteiger partial charge in [-0.3, -0.25) is 4.79 Å². The molecule has 3 heterocycles. The highest BCUT2D eigenvalue weighted by molar-refractivity contribution is 5.87. The summed E-state index contributed by atoms with van der Waals surface area (Å²) in [5.41, 5.74) is -2.37. The highest BCUT2D eigenvalue weighted by Crippen LogP contribution is 2.34. The van der Waals surface area contributed by atoms with Crippen molar-refractivity contribution in [2.24, 2.45) is 0 Å². The van der Waals surface area contributed by atoms with Gasteiger partial charge in [-0.15, -0.1) is 0 Å². The average molecular weight is 505 g/mol. The number of hydrogen-bond acceptors (Lipinski definition) is 6. The van der Waals surface area contributed by atoms with Gasteiger partial charge in [-0.1, -0.05) is 18.2 Å². The molecule has 3 aromatic rings. The Morgan fingerprint density at radius 2 is 1.89 bits per heavy atom. The molecule has 0 saturated carbocycles. The number of nitrogens with zero attached hydrogens (tertiary/aromatic N) is 3. The molecule has 0 radical (unpaired) electrons. The molecule has 1 fully saturated rings. The summed E-state index contributed by atoms with van der Waals surface area (Å²) in [6.45, 7) is 3.72. The van der Waals surface area contributed by atoms with E-state index in [1.807, 2.05) is 0 Å². The number of alkyl halides is 2. The molecular formula is C24H27F3N6O3. The second-order valence-electron chi connectivity index (χ2n) is 8.88. The Morgan fingerprint density at radius 3 is 2.53 bits per heavy atom. The number of H-pyrrole nitrogens is 1. The van der Waals surface area contributed by atoms with Crippen LogP contribution in [0.15, 0.2) is 29.1 Å². The third kappa shape index (κ3) is 4.72. The lowest BCUT2D eigenvalue weighted by atomic mass is 9.85. The highest BCUT2D eigenvalue weighted by atomic mass is 19.3. The molecule has 4 rings (SSSR count). The van der Waals surface area contributed by atoms with Crippen molar-refractivity contribution >= 4 is 22.9 Å². The van der Waals surface area contributed by atoms with Gasteiger partial charge in [0.15, 0.2) is 0 Å². The smallest absolute Gasteiger partial charge is 0.317 e. The van der Waals surface area contributed by atoms with Crippen LogP contribution in [0.4, 0.5) is 23.8 Å². The summed E-state index contributed by atoms with van der Waals surface area (Å²) in [6, 6.07) is 4.27. The van der Waals surface area contributed by atoms with Gasteiger partial charge >= 0.3 is 6.03 Å². The number of halogens is 3. The first-order valence-electron chi connectivity index (χ1n) is 11.5. The highest BCUT2D eigenvalue weighted by Gasteiger charge is 2.37. The molecule has 1 aromatic carbocycles. The van der Waals surface area contributed by atoms with E-state index in [9.17, 15) is 27.9 Å². The number of anilines is 1. The number of aromatic amines is 1. The minimum absolute atomic E-state index is 0.0297. The fraction of sp³-hybridized carbons (Fsp3) is 0.417.